The van der Waals surface area contributed by atoms with Gasteiger partial charge in [0.15, 0.2) is 17.5 Å². The molecule has 11 heteroatoms. The summed E-state index contributed by atoms with van der Waals surface area (Å²) in [6, 6.07) is 7.73. The van der Waals surface area contributed by atoms with Gasteiger partial charge in [0.05, 0.1) is 12.6 Å². The number of aryl methyl sites for hydroxylation is 1. The molecule has 5 N–H and O–H groups in total. The molecule has 1 heterocycles. The average molecular weight is 469 g/mol. The molecular weight excluding hydrogens is 447 g/mol. The SMILES string of the molecule is Cc1cccc(S[C@H]2OC(CO)[C@H](O)C(N/C=C(\N=N)c3cc(F)c(F)c(F)c3)C2O)c1. The quantitative estimate of drug-likeness (QED) is 0.314. The van der Waals surface area contributed by atoms with Crippen LogP contribution in [0, 0.1) is 29.9 Å². The van der Waals surface area contributed by atoms with E-state index in [-0.39, 0.29) is 11.3 Å². The van der Waals surface area contributed by atoms with E-state index >= 15 is 0 Å². The third-order valence-electron chi connectivity index (χ3n) is 4.94. The Labute approximate surface area is 186 Å². The molecule has 0 bridgehead atoms. The van der Waals surface area contributed by atoms with Crippen molar-refractivity contribution in [2.45, 2.75) is 41.6 Å². The van der Waals surface area contributed by atoms with Crippen LogP contribution in [0.5, 0.6) is 0 Å². The monoisotopic (exact) mass is 469 g/mol. The summed E-state index contributed by atoms with van der Waals surface area (Å²) >= 11 is 1.20. The molecule has 32 heavy (non-hydrogen) atoms. The van der Waals surface area contributed by atoms with Crippen molar-refractivity contribution in [2.75, 3.05) is 6.61 Å². The highest BCUT2D eigenvalue weighted by molar-refractivity contribution is 7.99. The van der Waals surface area contributed by atoms with Gasteiger partial charge in [-0.3, -0.25) is 0 Å². The standard InChI is InChI=1S/C21H22F3N3O4S/c1-10-3-2-4-12(5-10)32-21-20(30)18(19(29)16(9-28)31-21)26-8-15(27-25)11-6-13(22)17(24)14(23)7-11/h2-8,16,18-21,25-26,28-30H,9H2,1H3/b15-8-,27-25?/t16?,18?,19-,20?,21+/m0/s1. The van der Waals surface area contributed by atoms with Crippen LogP contribution in [0.25, 0.3) is 5.70 Å². The number of nitrogens with zero attached hydrogens (tertiary/aromatic N) is 1. The molecule has 0 aromatic heterocycles. The van der Waals surface area contributed by atoms with Gasteiger partial charge in [0.2, 0.25) is 0 Å². The molecule has 172 valence electrons. The molecule has 2 aromatic carbocycles. The van der Waals surface area contributed by atoms with Crippen molar-refractivity contribution in [3.05, 3.63) is 71.2 Å². The molecular formula is C21H22F3N3O4S. The number of ether oxygens (including phenoxy) is 1. The van der Waals surface area contributed by atoms with Crippen LogP contribution >= 0.6 is 11.8 Å². The Kier molecular flexibility index (Phi) is 7.91. The second-order valence-corrected chi connectivity index (χ2v) is 8.40. The topological polar surface area (TPSA) is 118 Å². The van der Waals surface area contributed by atoms with Crippen LogP contribution < -0.4 is 5.32 Å². The number of aliphatic hydroxyl groups excluding tert-OH is 3. The first kappa shape index (κ1) is 24.2. The molecule has 0 aliphatic carbocycles. The van der Waals surface area contributed by atoms with Crippen LogP contribution in [-0.2, 0) is 4.74 Å². The van der Waals surface area contributed by atoms with Gasteiger partial charge >= 0.3 is 0 Å². The number of nitrogens with one attached hydrogen (secondary N) is 2. The molecule has 7 nitrogen and oxygen atoms in total. The molecule has 3 unspecified atom stereocenters. The Morgan fingerprint density at radius 2 is 1.88 bits per heavy atom. The van der Waals surface area contributed by atoms with Gasteiger partial charge in [0.1, 0.15) is 29.4 Å². The van der Waals surface area contributed by atoms with Crippen molar-refractivity contribution in [2.24, 2.45) is 5.11 Å². The van der Waals surface area contributed by atoms with Crippen LogP contribution in [0.2, 0.25) is 0 Å². The Hall–Kier alpha value is -2.44. The minimum absolute atomic E-state index is 0.218. The van der Waals surface area contributed by atoms with E-state index in [1.54, 1.807) is 0 Å². The van der Waals surface area contributed by atoms with Crippen molar-refractivity contribution >= 4 is 17.5 Å². The zero-order chi connectivity index (χ0) is 23.4. The number of halogens is 3. The molecule has 5 atom stereocenters. The molecule has 0 spiro atoms. The lowest BCUT2D eigenvalue weighted by Gasteiger charge is -2.42. The van der Waals surface area contributed by atoms with Crippen LogP contribution in [-0.4, -0.2) is 51.7 Å². The number of hydrogen-bond acceptors (Lipinski definition) is 8. The molecule has 0 amide bonds. The van der Waals surface area contributed by atoms with E-state index in [9.17, 15) is 28.5 Å². The zero-order valence-electron chi connectivity index (χ0n) is 16.9. The number of aliphatic hydroxyl groups is 3. The summed E-state index contributed by atoms with van der Waals surface area (Å²) < 4.78 is 46.0. The van der Waals surface area contributed by atoms with Crippen molar-refractivity contribution in [1.29, 1.82) is 5.53 Å². The van der Waals surface area contributed by atoms with Gasteiger partial charge in [-0.15, -0.1) is 0 Å². The maximum absolute atomic E-state index is 13.5. The predicted molar refractivity (Wildman–Crippen MR) is 111 cm³/mol. The van der Waals surface area contributed by atoms with E-state index in [0.717, 1.165) is 16.7 Å². The molecule has 1 saturated heterocycles. The summed E-state index contributed by atoms with van der Waals surface area (Å²) in [4.78, 5) is 0.801. The van der Waals surface area contributed by atoms with E-state index in [2.05, 4.69) is 10.4 Å². The van der Waals surface area contributed by atoms with E-state index in [0.29, 0.717) is 12.1 Å². The summed E-state index contributed by atoms with van der Waals surface area (Å²) in [7, 11) is 0. The number of thioether (sulfide) groups is 1. The van der Waals surface area contributed by atoms with E-state index in [1.807, 2.05) is 31.2 Å². The maximum Gasteiger partial charge on any atom is 0.194 e. The predicted octanol–water partition coefficient (Wildman–Crippen LogP) is 2.93. The zero-order valence-corrected chi connectivity index (χ0v) is 17.7. The lowest BCUT2D eigenvalue weighted by atomic mass is 9.97. The fraction of sp³-hybridized carbons (Fsp3) is 0.333. The van der Waals surface area contributed by atoms with Gasteiger partial charge in [0.25, 0.3) is 0 Å². The molecule has 0 saturated carbocycles. The van der Waals surface area contributed by atoms with Gasteiger partial charge in [-0.25, -0.2) is 18.7 Å². The van der Waals surface area contributed by atoms with Crippen LogP contribution in [0.1, 0.15) is 11.1 Å². The molecule has 2 aromatic rings. The number of benzene rings is 2. The first-order chi connectivity index (χ1) is 15.2. The summed E-state index contributed by atoms with van der Waals surface area (Å²) in [5, 5.41) is 36.8. The minimum Gasteiger partial charge on any atom is -0.394 e. The normalized spacial score (nSPS) is 26.1. The largest absolute Gasteiger partial charge is 0.394 e. The van der Waals surface area contributed by atoms with Gasteiger partial charge in [-0.05, 0) is 31.2 Å². The smallest absolute Gasteiger partial charge is 0.194 e. The summed E-state index contributed by atoms with van der Waals surface area (Å²) in [5.41, 5.74) is 6.93. The fourth-order valence-electron chi connectivity index (χ4n) is 3.26. The van der Waals surface area contributed by atoms with E-state index < -0.39 is 53.8 Å². The summed E-state index contributed by atoms with van der Waals surface area (Å²) in [6.07, 6.45) is -2.58. The second kappa shape index (κ2) is 10.5. The lowest BCUT2D eigenvalue weighted by molar-refractivity contribution is -0.164. The Bertz CT molecular complexity index is 987. The van der Waals surface area contributed by atoms with Gasteiger partial charge < -0.3 is 25.4 Å². The summed E-state index contributed by atoms with van der Waals surface area (Å²) in [5.74, 6) is -4.55. The van der Waals surface area contributed by atoms with Crippen molar-refractivity contribution in [3.8, 4) is 0 Å². The third kappa shape index (κ3) is 5.30. The van der Waals surface area contributed by atoms with Crippen molar-refractivity contribution in [3.63, 3.8) is 0 Å². The molecule has 3 rings (SSSR count). The summed E-state index contributed by atoms with van der Waals surface area (Å²) in [6.45, 7) is 1.38. The Morgan fingerprint density at radius 1 is 1.19 bits per heavy atom. The van der Waals surface area contributed by atoms with Gasteiger partial charge in [0, 0.05) is 16.7 Å². The van der Waals surface area contributed by atoms with E-state index in [4.69, 9.17) is 10.3 Å². The lowest BCUT2D eigenvalue weighted by Crippen LogP contribution is -2.61. The fourth-order valence-corrected chi connectivity index (χ4v) is 4.45. The minimum atomic E-state index is -1.65. The van der Waals surface area contributed by atoms with Crippen LogP contribution in [0.15, 0.2) is 52.6 Å². The first-order valence-corrected chi connectivity index (χ1v) is 10.5. The number of rotatable bonds is 7. The average Bonchev–Trinajstić information content (AvgIpc) is 2.76. The molecule has 1 aliphatic heterocycles. The third-order valence-corrected chi connectivity index (χ3v) is 6.09. The highest BCUT2D eigenvalue weighted by Gasteiger charge is 2.44. The molecule has 1 fully saturated rings. The first-order valence-electron chi connectivity index (χ1n) is 9.59. The van der Waals surface area contributed by atoms with Crippen LogP contribution in [0.4, 0.5) is 13.2 Å². The second-order valence-electron chi connectivity index (χ2n) is 7.23. The highest BCUT2D eigenvalue weighted by atomic mass is 32.2. The Morgan fingerprint density at radius 3 is 2.47 bits per heavy atom. The molecule has 0 radical (unpaired) electrons. The van der Waals surface area contributed by atoms with Crippen LogP contribution in [0.3, 0.4) is 0 Å². The van der Waals surface area contributed by atoms with Crippen molar-refractivity contribution in [1.82, 2.24) is 5.32 Å². The van der Waals surface area contributed by atoms with Crippen molar-refractivity contribution < 1.29 is 33.2 Å². The highest BCUT2D eigenvalue weighted by Crippen LogP contribution is 2.34. The number of hydrogen-bond donors (Lipinski definition) is 5. The Balaban J connectivity index is 1.84. The van der Waals surface area contributed by atoms with Gasteiger partial charge in [-0.2, -0.15) is 5.11 Å². The van der Waals surface area contributed by atoms with E-state index in [1.165, 1.54) is 11.8 Å². The molecule has 1 aliphatic rings. The van der Waals surface area contributed by atoms with Gasteiger partial charge in [-0.1, -0.05) is 29.5 Å². The maximum atomic E-state index is 13.5.